The number of aromatic nitrogens is 1. The van der Waals surface area contributed by atoms with Crippen LogP contribution in [-0.4, -0.2) is 56.9 Å². The molecule has 1 atom stereocenters. The second kappa shape index (κ2) is 9.01. The fourth-order valence-corrected chi connectivity index (χ4v) is 3.96. The molecule has 1 unspecified atom stereocenters. The number of rotatable bonds is 8. The number of hydrogen-bond acceptors (Lipinski definition) is 6. The van der Waals surface area contributed by atoms with E-state index in [4.69, 9.17) is 4.74 Å². The van der Waals surface area contributed by atoms with E-state index in [0.29, 0.717) is 25.4 Å². The molecule has 0 radical (unpaired) electrons. The maximum absolute atomic E-state index is 12.4. The molecule has 1 saturated heterocycles. The van der Waals surface area contributed by atoms with Crippen molar-refractivity contribution in [3.63, 3.8) is 0 Å². The van der Waals surface area contributed by atoms with Gasteiger partial charge in [0, 0.05) is 38.5 Å². The Morgan fingerprint density at radius 1 is 1.24 bits per heavy atom. The summed E-state index contributed by atoms with van der Waals surface area (Å²) in [7, 11) is -2.23. The summed E-state index contributed by atoms with van der Waals surface area (Å²) in [6, 6.07) is 10.7. The molecule has 1 aromatic heterocycles. The van der Waals surface area contributed by atoms with Crippen LogP contribution in [0.4, 0.5) is 11.5 Å². The number of hydrogen-bond donors (Lipinski definition) is 2. The molecule has 2 amide bonds. The first-order valence-corrected chi connectivity index (χ1v) is 10.5. The third-order valence-corrected chi connectivity index (χ3v) is 5.86. The van der Waals surface area contributed by atoms with Crippen molar-refractivity contribution >= 4 is 33.3 Å². The van der Waals surface area contributed by atoms with Crippen LogP contribution in [0.5, 0.6) is 0 Å². The minimum atomic E-state index is -3.79. The molecule has 2 N–H and O–H groups in total. The van der Waals surface area contributed by atoms with Gasteiger partial charge in [-0.2, -0.15) is 0 Å². The highest BCUT2D eigenvalue weighted by Crippen LogP contribution is 2.21. The zero-order valence-electron chi connectivity index (χ0n) is 15.9. The number of anilines is 2. The van der Waals surface area contributed by atoms with E-state index in [0.717, 1.165) is 0 Å². The Labute approximate surface area is 169 Å². The van der Waals surface area contributed by atoms with E-state index in [-0.39, 0.29) is 28.9 Å². The summed E-state index contributed by atoms with van der Waals surface area (Å²) in [5, 5.41) is 2.73. The minimum Gasteiger partial charge on any atom is -0.383 e. The number of nitrogens with one attached hydrogen (secondary N) is 2. The summed E-state index contributed by atoms with van der Waals surface area (Å²) < 4.78 is 32.2. The van der Waals surface area contributed by atoms with Gasteiger partial charge in [0.25, 0.3) is 10.0 Å². The van der Waals surface area contributed by atoms with Crippen LogP contribution < -0.4 is 10.0 Å². The fraction of sp³-hybridized carbons (Fsp3) is 0.316. The molecule has 0 aliphatic carbocycles. The normalized spacial score (nSPS) is 16.7. The molecule has 0 spiro atoms. The van der Waals surface area contributed by atoms with E-state index in [1.165, 1.54) is 30.5 Å². The Balaban J connectivity index is 1.60. The minimum absolute atomic E-state index is 0.0444. The molecule has 0 saturated carbocycles. The van der Waals surface area contributed by atoms with Crippen LogP contribution in [0.1, 0.15) is 6.42 Å². The average molecular weight is 418 g/mol. The van der Waals surface area contributed by atoms with Crippen molar-refractivity contribution in [2.75, 3.05) is 36.8 Å². The summed E-state index contributed by atoms with van der Waals surface area (Å²) >= 11 is 0. The highest BCUT2D eigenvalue weighted by Gasteiger charge is 2.34. The molecule has 154 valence electrons. The molecule has 1 aliphatic rings. The number of benzene rings is 1. The largest absolute Gasteiger partial charge is 0.383 e. The van der Waals surface area contributed by atoms with Gasteiger partial charge in [0.05, 0.1) is 17.4 Å². The van der Waals surface area contributed by atoms with Gasteiger partial charge < -0.3 is 15.0 Å². The summed E-state index contributed by atoms with van der Waals surface area (Å²) in [5.74, 6) is -0.591. The number of sulfonamides is 1. The van der Waals surface area contributed by atoms with Crippen LogP contribution in [-0.2, 0) is 24.3 Å². The smallest absolute Gasteiger partial charge is 0.263 e. The van der Waals surface area contributed by atoms with Gasteiger partial charge in [-0.3, -0.25) is 14.3 Å². The van der Waals surface area contributed by atoms with Crippen molar-refractivity contribution in [3.05, 3.63) is 48.7 Å². The van der Waals surface area contributed by atoms with E-state index in [9.17, 15) is 18.0 Å². The molecule has 29 heavy (non-hydrogen) atoms. The first kappa shape index (κ1) is 20.7. The Morgan fingerprint density at radius 2 is 2.00 bits per heavy atom. The predicted octanol–water partition coefficient (Wildman–Crippen LogP) is 1.32. The SMILES string of the molecule is COCCN1CC(C(=O)Nc2ccc(S(=O)(=O)Nc3ccccn3)cc2)CC1=O. The van der Waals surface area contributed by atoms with Gasteiger partial charge >= 0.3 is 0 Å². The quantitative estimate of drug-likeness (QED) is 0.668. The standard InChI is InChI=1S/C19H22N4O5S/c1-28-11-10-23-13-14(12-18(23)24)19(25)21-15-5-7-16(8-6-15)29(26,27)22-17-4-2-3-9-20-17/h2-9,14H,10-13H2,1H3,(H,20,22)(H,21,25). The fourth-order valence-electron chi connectivity index (χ4n) is 2.95. The lowest BCUT2D eigenvalue weighted by Crippen LogP contribution is -2.30. The van der Waals surface area contributed by atoms with Crippen molar-refractivity contribution in [1.82, 2.24) is 9.88 Å². The van der Waals surface area contributed by atoms with Gasteiger partial charge in [-0.15, -0.1) is 0 Å². The van der Waals surface area contributed by atoms with E-state index < -0.39 is 15.9 Å². The Bertz CT molecular complexity index is 964. The molecule has 10 heteroatoms. The number of ether oxygens (including phenoxy) is 1. The summed E-state index contributed by atoms with van der Waals surface area (Å²) in [6.45, 7) is 1.21. The first-order chi connectivity index (χ1) is 13.9. The van der Waals surface area contributed by atoms with Crippen LogP contribution in [0.25, 0.3) is 0 Å². The monoisotopic (exact) mass is 418 g/mol. The summed E-state index contributed by atoms with van der Waals surface area (Å²) in [5.41, 5.74) is 0.453. The van der Waals surface area contributed by atoms with Gasteiger partial charge in [-0.05, 0) is 36.4 Å². The number of likely N-dealkylation sites (tertiary alicyclic amines) is 1. The molecule has 1 aromatic carbocycles. The Kier molecular flexibility index (Phi) is 6.45. The second-order valence-corrected chi connectivity index (χ2v) is 8.25. The lowest BCUT2D eigenvalue weighted by atomic mass is 10.1. The van der Waals surface area contributed by atoms with Crippen molar-refractivity contribution < 1.29 is 22.7 Å². The zero-order chi connectivity index (χ0) is 20.9. The van der Waals surface area contributed by atoms with Crippen molar-refractivity contribution in [2.24, 2.45) is 5.92 Å². The van der Waals surface area contributed by atoms with Gasteiger partial charge in [0.15, 0.2) is 0 Å². The van der Waals surface area contributed by atoms with Gasteiger partial charge in [-0.25, -0.2) is 13.4 Å². The average Bonchev–Trinajstić information content (AvgIpc) is 3.08. The van der Waals surface area contributed by atoms with Crippen molar-refractivity contribution in [3.8, 4) is 0 Å². The van der Waals surface area contributed by atoms with Crippen LogP contribution in [0, 0.1) is 5.92 Å². The Hall–Kier alpha value is -2.98. The van der Waals surface area contributed by atoms with Crippen LogP contribution in [0.3, 0.4) is 0 Å². The summed E-state index contributed by atoms with van der Waals surface area (Å²) in [4.78, 5) is 30.0. The lowest BCUT2D eigenvalue weighted by Gasteiger charge is -2.16. The topological polar surface area (TPSA) is 118 Å². The van der Waals surface area contributed by atoms with Crippen LogP contribution >= 0.6 is 0 Å². The van der Waals surface area contributed by atoms with E-state index in [1.807, 2.05) is 0 Å². The van der Waals surface area contributed by atoms with E-state index >= 15 is 0 Å². The maximum atomic E-state index is 12.4. The predicted molar refractivity (Wildman–Crippen MR) is 107 cm³/mol. The number of methoxy groups -OCH3 is 1. The van der Waals surface area contributed by atoms with Gasteiger partial charge in [0.2, 0.25) is 11.8 Å². The maximum Gasteiger partial charge on any atom is 0.263 e. The molecule has 0 bridgehead atoms. The molecule has 1 fully saturated rings. The second-order valence-electron chi connectivity index (χ2n) is 6.57. The third kappa shape index (κ3) is 5.30. The molecular formula is C19H22N4O5S. The van der Waals surface area contributed by atoms with E-state index in [1.54, 1.807) is 30.2 Å². The van der Waals surface area contributed by atoms with Gasteiger partial charge in [0.1, 0.15) is 5.82 Å². The summed E-state index contributed by atoms with van der Waals surface area (Å²) in [6.07, 6.45) is 1.64. The molecule has 2 heterocycles. The van der Waals surface area contributed by atoms with Crippen LogP contribution in [0.2, 0.25) is 0 Å². The number of carbonyl (C=O) groups excluding carboxylic acids is 2. The number of nitrogens with zero attached hydrogens (tertiary/aromatic N) is 2. The first-order valence-electron chi connectivity index (χ1n) is 9.00. The zero-order valence-corrected chi connectivity index (χ0v) is 16.7. The lowest BCUT2D eigenvalue weighted by molar-refractivity contribution is -0.128. The molecule has 1 aliphatic heterocycles. The molecular weight excluding hydrogens is 396 g/mol. The van der Waals surface area contributed by atoms with Gasteiger partial charge in [-0.1, -0.05) is 6.07 Å². The third-order valence-electron chi connectivity index (χ3n) is 4.49. The molecule has 3 rings (SSSR count). The van der Waals surface area contributed by atoms with Crippen molar-refractivity contribution in [2.45, 2.75) is 11.3 Å². The Morgan fingerprint density at radius 3 is 2.66 bits per heavy atom. The highest BCUT2D eigenvalue weighted by molar-refractivity contribution is 7.92. The molecule has 9 nitrogen and oxygen atoms in total. The van der Waals surface area contributed by atoms with E-state index in [2.05, 4.69) is 15.0 Å². The number of pyridine rings is 1. The van der Waals surface area contributed by atoms with Crippen LogP contribution in [0.15, 0.2) is 53.6 Å². The highest BCUT2D eigenvalue weighted by atomic mass is 32.2. The number of carbonyl (C=O) groups is 2. The molecule has 2 aromatic rings. The van der Waals surface area contributed by atoms with Crippen molar-refractivity contribution in [1.29, 1.82) is 0 Å². The number of amides is 2.